The van der Waals surface area contributed by atoms with Crippen molar-refractivity contribution in [2.24, 2.45) is 0 Å². The zero-order valence-corrected chi connectivity index (χ0v) is 8.02. The lowest BCUT2D eigenvalue weighted by Crippen LogP contribution is -2.34. The first-order valence-electron chi connectivity index (χ1n) is 4.14. The minimum Gasteiger partial charge on any atom is -0.192 e. The quantitative estimate of drug-likeness (QED) is 0.715. The van der Waals surface area contributed by atoms with E-state index in [1.165, 1.54) is 12.1 Å². The first kappa shape index (κ1) is 12.9. The second kappa shape index (κ2) is 4.02. The van der Waals surface area contributed by atoms with Crippen molar-refractivity contribution >= 4 is 0 Å². The Balaban J connectivity index is 3.55. The number of hydrogen-bond donors (Lipinski definition) is 0. The fourth-order valence-electron chi connectivity index (χ4n) is 1.18. The smallest absolute Gasteiger partial charge is 0.192 e. The van der Waals surface area contributed by atoms with E-state index in [0.717, 1.165) is 12.1 Å². The second-order valence-electron chi connectivity index (χ2n) is 3.02. The molecule has 0 fully saturated rings. The van der Waals surface area contributed by atoms with Gasteiger partial charge in [0.05, 0.1) is 11.1 Å². The van der Waals surface area contributed by atoms with E-state index in [1.807, 2.05) is 0 Å². The van der Waals surface area contributed by atoms with Crippen LogP contribution in [-0.2, 0) is 5.92 Å². The first-order chi connectivity index (χ1) is 7.75. The highest BCUT2D eigenvalue weighted by Gasteiger charge is 2.59. The van der Waals surface area contributed by atoms with Gasteiger partial charge >= 0.3 is 12.1 Å². The summed E-state index contributed by atoms with van der Waals surface area (Å²) in [5.74, 6) is -5.16. The summed E-state index contributed by atoms with van der Waals surface area (Å²) < 4.78 is 62.5. The molecule has 0 amide bonds. The molecule has 17 heavy (non-hydrogen) atoms. The third-order valence-electron chi connectivity index (χ3n) is 1.99. The molecule has 1 rings (SSSR count). The summed E-state index contributed by atoms with van der Waals surface area (Å²) in [5, 5.41) is 17.1. The Labute approximate surface area is 92.5 Å². The Bertz CT molecular complexity index is 519. The number of alkyl halides is 5. The third kappa shape index (κ3) is 2.04. The minimum atomic E-state index is -5.81. The van der Waals surface area contributed by atoms with Crippen molar-refractivity contribution in [3.8, 4) is 12.1 Å². The van der Waals surface area contributed by atoms with E-state index in [0.29, 0.717) is 6.07 Å². The Morgan fingerprint density at radius 2 is 1.53 bits per heavy atom. The molecule has 0 unspecified atom stereocenters. The Kier molecular flexibility index (Phi) is 3.05. The van der Waals surface area contributed by atoms with Crippen LogP contribution in [0.15, 0.2) is 18.2 Å². The number of nitriles is 2. The minimum absolute atomic E-state index is 0.479. The molecule has 7 heteroatoms. The van der Waals surface area contributed by atoms with Crippen LogP contribution in [0.4, 0.5) is 22.0 Å². The van der Waals surface area contributed by atoms with Gasteiger partial charge in [0, 0.05) is 5.56 Å². The molecule has 2 nitrogen and oxygen atoms in total. The van der Waals surface area contributed by atoms with Crippen LogP contribution >= 0.6 is 0 Å². The summed E-state index contributed by atoms with van der Waals surface area (Å²) in [6.45, 7) is 0. The molecule has 0 N–H and O–H groups in total. The van der Waals surface area contributed by atoms with E-state index >= 15 is 0 Å². The topological polar surface area (TPSA) is 47.6 Å². The molecular weight excluding hydrogens is 243 g/mol. The fraction of sp³-hybridized carbons (Fsp3) is 0.200. The second-order valence-corrected chi connectivity index (χ2v) is 3.02. The summed E-state index contributed by atoms with van der Waals surface area (Å²) in [6, 6.07) is 4.92. The third-order valence-corrected chi connectivity index (χ3v) is 1.99. The number of halogens is 5. The van der Waals surface area contributed by atoms with Crippen LogP contribution in [0.2, 0.25) is 0 Å². The molecule has 0 aliphatic heterocycles. The normalized spacial score (nSPS) is 11.7. The molecule has 0 aliphatic carbocycles. The summed E-state index contributed by atoms with van der Waals surface area (Å²) in [5.41, 5.74) is -2.99. The lowest BCUT2D eigenvalue weighted by molar-refractivity contribution is -0.289. The van der Waals surface area contributed by atoms with Crippen molar-refractivity contribution in [1.82, 2.24) is 0 Å². The summed E-state index contributed by atoms with van der Waals surface area (Å²) in [6.07, 6.45) is -5.81. The maximum absolute atomic E-state index is 13.0. The molecule has 1 aromatic carbocycles. The average Bonchev–Trinajstić information content (AvgIpc) is 2.26. The number of rotatable bonds is 1. The molecule has 0 aromatic heterocycles. The number of hydrogen-bond acceptors (Lipinski definition) is 2. The summed E-state index contributed by atoms with van der Waals surface area (Å²) in [7, 11) is 0. The Morgan fingerprint density at radius 1 is 0.941 bits per heavy atom. The highest BCUT2D eigenvalue weighted by molar-refractivity contribution is 5.52. The zero-order chi connectivity index (χ0) is 13.3. The van der Waals surface area contributed by atoms with Gasteiger partial charge in [0.15, 0.2) is 0 Å². The highest BCUT2D eigenvalue weighted by atomic mass is 19.4. The zero-order valence-electron chi connectivity index (χ0n) is 8.02. The van der Waals surface area contributed by atoms with Gasteiger partial charge in [0.1, 0.15) is 12.1 Å². The molecule has 0 heterocycles. The molecule has 0 atom stereocenters. The standard InChI is InChI=1S/C10H3F5N2/c11-9(12,10(13,14)15)8-3-1-2-6(4-16)7(8)5-17/h1-3H. The van der Waals surface area contributed by atoms with Crippen LogP contribution in [0.5, 0.6) is 0 Å². The van der Waals surface area contributed by atoms with Crippen molar-refractivity contribution < 1.29 is 22.0 Å². The van der Waals surface area contributed by atoms with Gasteiger partial charge in [-0.25, -0.2) is 0 Å². The van der Waals surface area contributed by atoms with Gasteiger partial charge in [-0.1, -0.05) is 12.1 Å². The molecule has 88 valence electrons. The van der Waals surface area contributed by atoms with E-state index in [4.69, 9.17) is 10.5 Å². The highest BCUT2D eigenvalue weighted by Crippen LogP contribution is 2.45. The predicted molar refractivity (Wildman–Crippen MR) is 45.8 cm³/mol. The molecule has 0 bridgehead atoms. The number of nitrogens with zero attached hydrogens (tertiary/aromatic N) is 2. The molecule has 1 aromatic rings. The van der Waals surface area contributed by atoms with Crippen molar-refractivity contribution in [3.63, 3.8) is 0 Å². The molecular formula is C10H3F5N2. The van der Waals surface area contributed by atoms with Crippen LogP contribution in [0, 0.1) is 22.7 Å². The van der Waals surface area contributed by atoms with Crippen molar-refractivity contribution in [2.75, 3.05) is 0 Å². The summed E-state index contributed by atoms with van der Waals surface area (Å²) >= 11 is 0. The lowest BCUT2D eigenvalue weighted by atomic mass is 9.97. The van der Waals surface area contributed by atoms with Gasteiger partial charge in [-0.2, -0.15) is 32.5 Å². The maximum atomic E-state index is 13.0. The molecule has 0 radical (unpaired) electrons. The Hall–Kier alpha value is -2.15. The average molecular weight is 246 g/mol. The van der Waals surface area contributed by atoms with Gasteiger partial charge in [-0.05, 0) is 6.07 Å². The molecule has 0 saturated heterocycles. The van der Waals surface area contributed by atoms with Gasteiger partial charge < -0.3 is 0 Å². The van der Waals surface area contributed by atoms with E-state index in [1.54, 1.807) is 0 Å². The monoisotopic (exact) mass is 246 g/mol. The van der Waals surface area contributed by atoms with E-state index in [9.17, 15) is 22.0 Å². The van der Waals surface area contributed by atoms with Crippen LogP contribution in [-0.4, -0.2) is 6.18 Å². The number of benzene rings is 1. The van der Waals surface area contributed by atoms with Gasteiger partial charge in [0.2, 0.25) is 0 Å². The predicted octanol–water partition coefficient (Wildman–Crippen LogP) is 3.08. The van der Waals surface area contributed by atoms with E-state index in [2.05, 4.69) is 0 Å². The lowest BCUT2D eigenvalue weighted by Gasteiger charge is -2.20. The van der Waals surface area contributed by atoms with E-state index < -0.39 is 28.8 Å². The maximum Gasteiger partial charge on any atom is 0.458 e. The molecule has 0 spiro atoms. The van der Waals surface area contributed by atoms with Crippen LogP contribution in [0.3, 0.4) is 0 Å². The Morgan fingerprint density at radius 3 is 1.94 bits per heavy atom. The van der Waals surface area contributed by atoms with Crippen LogP contribution < -0.4 is 0 Å². The van der Waals surface area contributed by atoms with Crippen molar-refractivity contribution in [1.29, 1.82) is 10.5 Å². The van der Waals surface area contributed by atoms with Crippen LogP contribution in [0.25, 0.3) is 0 Å². The van der Waals surface area contributed by atoms with Gasteiger partial charge in [-0.3, -0.25) is 0 Å². The fourth-order valence-corrected chi connectivity index (χ4v) is 1.18. The van der Waals surface area contributed by atoms with Crippen molar-refractivity contribution in [2.45, 2.75) is 12.1 Å². The van der Waals surface area contributed by atoms with Gasteiger partial charge in [-0.15, -0.1) is 0 Å². The van der Waals surface area contributed by atoms with Gasteiger partial charge in [0.25, 0.3) is 0 Å². The SMILES string of the molecule is N#Cc1cccc(C(F)(F)C(F)(F)F)c1C#N. The molecule has 0 saturated carbocycles. The van der Waals surface area contributed by atoms with Crippen LogP contribution in [0.1, 0.15) is 16.7 Å². The molecule has 0 aliphatic rings. The summed E-state index contributed by atoms with van der Waals surface area (Å²) in [4.78, 5) is 0. The van der Waals surface area contributed by atoms with Crippen molar-refractivity contribution in [3.05, 3.63) is 34.9 Å². The largest absolute Gasteiger partial charge is 0.458 e. The van der Waals surface area contributed by atoms with E-state index in [-0.39, 0.29) is 0 Å². The first-order valence-corrected chi connectivity index (χ1v) is 4.14.